The summed E-state index contributed by atoms with van der Waals surface area (Å²) < 4.78 is 11.4. The van der Waals surface area contributed by atoms with Crippen LogP contribution in [0.2, 0.25) is 0 Å². The van der Waals surface area contributed by atoms with Gasteiger partial charge in [0.1, 0.15) is 0 Å². The van der Waals surface area contributed by atoms with Gasteiger partial charge in [0.25, 0.3) is 5.89 Å². The molecule has 0 aliphatic heterocycles. The Hall–Kier alpha value is -4.39. The van der Waals surface area contributed by atoms with Gasteiger partial charge in [-0.3, -0.25) is 4.98 Å². The van der Waals surface area contributed by atoms with E-state index in [-0.39, 0.29) is 5.89 Å². The first kappa shape index (κ1) is 19.6. The molecule has 0 aliphatic rings. The minimum absolute atomic E-state index is 0.225. The maximum Gasteiger partial charge on any atom is 0.339 e. The number of pyridine rings is 2. The van der Waals surface area contributed by atoms with Gasteiger partial charge in [-0.15, -0.1) is 10.2 Å². The number of nitrogens with zero attached hydrogens (tertiary/aromatic N) is 4. The fourth-order valence-corrected chi connectivity index (χ4v) is 3.38. The Kier molecular flexibility index (Phi) is 5.13. The molecule has 5 aromatic rings. The third-order valence-electron chi connectivity index (χ3n) is 4.99. The van der Waals surface area contributed by atoms with Gasteiger partial charge in [0, 0.05) is 28.9 Å². The Balaban J connectivity index is 1.45. The predicted molar refractivity (Wildman–Crippen MR) is 119 cm³/mol. The predicted octanol–water partition coefficient (Wildman–Crippen LogP) is 5.26. The Morgan fingerprint density at radius 2 is 1.72 bits per heavy atom. The van der Waals surface area contributed by atoms with Crippen molar-refractivity contribution in [2.45, 2.75) is 13.0 Å². The van der Waals surface area contributed by atoms with Gasteiger partial charge in [-0.25, -0.2) is 9.78 Å². The maximum atomic E-state index is 13.1. The summed E-state index contributed by atoms with van der Waals surface area (Å²) in [6.45, 7) is 1.70. The van der Waals surface area contributed by atoms with Crippen LogP contribution in [0, 0.1) is 0 Å². The van der Waals surface area contributed by atoms with Crippen LogP contribution in [0.5, 0.6) is 0 Å². The highest BCUT2D eigenvalue weighted by molar-refractivity contribution is 6.04. The van der Waals surface area contributed by atoms with Crippen LogP contribution >= 0.6 is 0 Å². The van der Waals surface area contributed by atoms with Crippen molar-refractivity contribution in [1.29, 1.82) is 0 Å². The number of carbonyl (C=O) groups excluding carboxylic acids is 1. The lowest BCUT2D eigenvalue weighted by Gasteiger charge is -2.12. The molecule has 7 nitrogen and oxygen atoms in total. The number of benzene rings is 2. The molecule has 2 aromatic carbocycles. The molecular formula is C25H18N4O3. The summed E-state index contributed by atoms with van der Waals surface area (Å²) in [7, 11) is 0. The smallest absolute Gasteiger partial charge is 0.339 e. The van der Waals surface area contributed by atoms with Gasteiger partial charge < -0.3 is 9.15 Å². The standard InChI is InChI=1S/C25H18N4O3/c1-16(23-28-29-24(32-23)17-8-3-2-4-9-17)31-25(30)20-14-22(18-10-7-13-26-15-18)27-21-12-6-5-11-19(20)21/h2-16H,1H3. The summed E-state index contributed by atoms with van der Waals surface area (Å²) in [6, 6.07) is 22.3. The minimum Gasteiger partial charge on any atom is -0.449 e. The highest BCUT2D eigenvalue weighted by Gasteiger charge is 2.22. The Morgan fingerprint density at radius 1 is 0.938 bits per heavy atom. The molecule has 0 aliphatic carbocycles. The number of hydrogen-bond donors (Lipinski definition) is 0. The lowest BCUT2D eigenvalue weighted by molar-refractivity contribution is 0.0282. The van der Waals surface area contributed by atoms with E-state index in [1.807, 2.05) is 66.7 Å². The molecule has 0 spiro atoms. The second-order valence-electron chi connectivity index (χ2n) is 7.17. The summed E-state index contributed by atoms with van der Waals surface area (Å²) in [5, 5.41) is 8.82. The number of hydrogen-bond acceptors (Lipinski definition) is 7. The van der Waals surface area contributed by atoms with E-state index in [4.69, 9.17) is 9.15 Å². The van der Waals surface area contributed by atoms with Crippen molar-refractivity contribution in [3.05, 3.63) is 96.6 Å². The number of fused-ring (bicyclic) bond motifs is 1. The molecule has 7 heteroatoms. The first-order valence-corrected chi connectivity index (χ1v) is 10.1. The molecule has 1 atom stereocenters. The molecule has 0 fully saturated rings. The summed E-state index contributed by atoms with van der Waals surface area (Å²) in [5.74, 6) is 0.0977. The molecule has 0 bridgehead atoms. The number of esters is 1. The maximum absolute atomic E-state index is 13.1. The van der Waals surface area contributed by atoms with Crippen LogP contribution in [-0.2, 0) is 4.74 Å². The largest absolute Gasteiger partial charge is 0.449 e. The van der Waals surface area contributed by atoms with Gasteiger partial charge in [0.05, 0.1) is 16.8 Å². The topological polar surface area (TPSA) is 91.0 Å². The fourth-order valence-electron chi connectivity index (χ4n) is 3.38. The lowest BCUT2D eigenvalue weighted by Crippen LogP contribution is -2.11. The number of aromatic nitrogens is 4. The molecule has 3 aromatic heterocycles. The average molecular weight is 422 g/mol. The fraction of sp³-hybridized carbons (Fsp3) is 0.0800. The Morgan fingerprint density at radius 3 is 2.53 bits per heavy atom. The van der Waals surface area contributed by atoms with Gasteiger partial charge in [-0.05, 0) is 43.3 Å². The molecule has 0 N–H and O–H groups in total. The van der Waals surface area contributed by atoms with E-state index in [1.54, 1.807) is 25.4 Å². The van der Waals surface area contributed by atoms with Gasteiger partial charge in [-0.2, -0.15) is 0 Å². The second kappa shape index (κ2) is 8.39. The van der Waals surface area contributed by atoms with Crippen molar-refractivity contribution < 1.29 is 13.9 Å². The number of rotatable bonds is 5. The van der Waals surface area contributed by atoms with Gasteiger partial charge in [0.15, 0.2) is 6.10 Å². The molecule has 5 rings (SSSR count). The monoisotopic (exact) mass is 422 g/mol. The summed E-state index contributed by atoms with van der Waals surface area (Å²) in [4.78, 5) is 22.0. The van der Waals surface area contributed by atoms with Crippen molar-refractivity contribution in [3.63, 3.8) is 0 Å². The SMILES string of the molecule is CC(OC(=O)c1cc(-c2cccnc2)nc2ccccc12)c1nnc(-c2ccccc2)o1. The molecule has 156 valence electrons. The second-order valence-corrected chi connectivity index (χ2v) is 7.17. The van der Waals surface area contributed by atoms with Crippen LogP contribution in [0.3, 0.4) is 0 Å². The van der Waals surface area contributed by atoms with E-state index >= 15 is 0 Å². The van der Waals surface area contributed by atoms with Gasteiger partial charge in [-0.1, -0.05) is 36.4 Å². The third kappa shape index (κ3) is 3.83. The highest BCUT2D eigenvalue weighted by atomic mass is 16.6. The van der Waals surface area contributed by atoms with Crippen LogP contribution in [0.25, 0.3) is 33.6 Å². The average Bonchev–Trinajstić information content (AvgIpc) is 3.35. The van der Waals surface area contributed by atoms with Crippen molar-refractivity contribution in [3.8, 4) is 22.7 Å². The zero-order valence-electron chi connectivity index (χ0n) is 17.2. The number of ether oxygens (including phenoxy) is 1. The van der Waals surface area contributed by atoms with Gasteiger partial charge >= 0.3 is 5.97 Å². The summed E-state index contributed by atoms with van der Waals surface area (Å²) in [6.07, 6.45) is 2.68. The van der Waals surface area contributed by atoms with Crippen LogP contribution in [0.4, 0.5) is 0 Å². The lowest BCUT2D eigenvalue weighted by atomic mass is 10.1. The van der Waals surface area contributed by atoms with Crippen LogP contribution in [-0.4, -0.2) is 26.1 Å². The Bertz CT molecular complexity index is 1380. The zero-order chi connectivity index (χ0) is 21.9. The molecule has 3 heterocycles. The quantitative estimate of drug-likeness (QED) is 0.357. The van der Waals surface area contributed by atoms with Crippen molar-refractivity contribution in [2.75, 3.05) is 0 Å². The zero-order valence-corrected chi connectivity index (χ0v) is 17.2. The van der Waals surface area contributed by atoms with Gasteiger partial charge in [0.2, 0.25) is 5.89 Å². The van der Waals surface area contributed by atoms with Crippen LogP contribution in [0.15, 0.2) is 89.6 Å². The third-order valence-corrected chi connectivity index (χ3v) is 4.99. The molecule has 0 radical (unpaired) electrons. The molecule has 0 amide bonds. The molecule has 32 heavy (non-hydrogen) atoms. The normalized spacial score (nSPS) is 11.9. The van der Waals surface area contributed by atoms with E-state index in [0.717, 1.165) is 11.1 Å². The molecular weight excluding hydrogens is 404 g/mol. The van der Waals surface area contributed by atoms with E-state index in [2.05, 4.69) is 20.2 Å². The van der Waals surface area contributed by atoms with E-state index in [9.17, 15) is 4.79 Å². The number of para-hydroxylation sites is 1. The summed E-state index contributed by atoms with van der Waals surface area (Å²) in [5.41, 5.74) is 3.35. The van der Waals surface area contributed by atoms with Crippen LogP contribution < -0.4 is 0 Å². The van der Waals surface area contributed by atoms with E-state index in [0.29, 0.717) is 28.1 Å². The van der Waals surface area contributed by atoms with E-state index < -0.39 is 12.1 Å². The Labute approximate surface area is 183 Å². The highest BCUT2D eigenvalue weighted by Crippen LogP contribution is 2.27. The first-order valence-electron chi connectivity index (χ1n) is 10.1. The molecule has 0 saturated carbocycles. The minimum atomic E-state index is -0.721. The number of carbonyl (C=O) groups is 1. The first-order chi connectivity index (χ1) is 15.7. The van der Waals surface area contributed by atoms with Crippen molar-refractivity contribution >= 4 is 16.9 Å². The van der Waals surface area contributed by atoms with Crippen LogP contribution in [0.1, 0.15) is 29.3 Å². The van der Waals surface area contributed by atoms with Crippen molar-refractivity contribution in [1.82, 2.24) is 20.2 Å². The summed E-state index contributed by atoms with van der Waals surface area (Å²) >= 11 is 0. The molecule has 1 unspecified atom stereocenters. The van der Waals surface area contributed by atoms with Crippen molar-refractivity contribution in [2.24, 2.45) is 0 Å². The molecule has 0 saturated heterocycles. The van der Waals surface area contributed by atoms with E-state index in [1.165, 1.54) is 0 Å².